The molecule has 0 saturated carbocycles. The molecule has 3 N–H and O–H groups in total. The number of fused-ring (bicyclic) bond motifs is 1. The molecule has 2 aromatic rings. The summed E-state index contributed by atoms with van der Waals surface area (Å²) < 4.78 is 11.7. The van der Waals surface area contributed by atoms with E-state index in [0.29, 0.717) is 13.2 Å². The Hall–Kier alpha value is -1.92. The molecular weight excluding hydrogens is 314 g/mol. The van der Waals surface area contributed by atoms with Crippen LogP contribution in [0.4, 0.5) is 0 Å². The first-order valence-electron chi connectivity index (χ1n) is 7.59. The lowest BCUT2D eigenvalue weighted by molar-refractivity contribution is 0.120. The number of nitrogens with one attached hydrogen (secondary N) is 1. The molecule has 124 valence electrons. The third-order valence-electron chi connectivity index (χ3n) is 3.93. The quantitative estimate of drug-likeness (QED) is 0.579. The van der Waals surface area contributed by atoms with Crippen molar-refractivity contribution in [3.63, 3.8) is 0 Å². The molecule has 0 bridgehead atoms. The molecule has 1 aliphatic rings. The third kappa shape index (κ3) is 3.89. The summed E-state index contributed by atoms with van der Waals surface area (Å²) in [4.78, 5) is 0. The molecule has 3 rings (SSSR count). The van der Waals surface area contributed by atoms with Gasteiger partial charge in [0.05, 0.1) is 13.2 Å². The van der Waals surface area contributed by atoms with Gasteiger partial charge in [0.1, 0.15) is 0 Å². The van der Waals surface area contributed by atoms with Crippen LogP contribution >= 0.6 is 11.3 Å². The summed E-state index contributed by atoms with van der Waals surface area (Å²) in [5.74, 6) is 1.50. The highest BCUT2D eigenvalue weighted by molar-refractivity contribution is 7.08. The molecule has 0 aliphatic carbocycles. The van der Waals surface area contributed by atoms with Crippen LogP contribution in [-0.4, -0.2) is 36.5 Å². The maximum absolute atomic E-state index is 9.50. The number of aromatic hydroxyl groups is 2. The lowest BCUT2D eigenvalue weighted by atomic mass is 9.93. The third-order valence-corrected chi connectivity index (χ3v) is 4.63. The Morgan fingerprint density at radius 2 is 1.83 bits per heavy atom. The molecule has 6 heteroatoms. The van der Waals surface area contributed by atoms with Crippen molar-refractivity contribution in [3.05, 3.63) is 34.5 Å². The van der Waals surface area contributed by atoms with Gasteiger partial charge in [-0.2, -0.15) is 0 Å². The molecule has 5 nitrogen and oxygen atoms in total. The summed E-state index contributed by atoms with van der Waals surface area (Å²) in [7, 11) is 0. The lowest BCUT2D eigenvalue weighted by Gasteiger charge is -2.26. The molecule has 0 atom stereocenters. The van der Waals surface area contributed by atoms with Crippen LogP contribution in [0.25, 0.3) is 0 Å². The van der Waals surface area contributed by atoms with Crippen LogP contribution in [0, 0.1) is 5.41 Å². The smallest absolute Gasteiger partial charge is 0.171 e. The second kappa shape index (κ2) is 6.68. The van der Waals surface area contributed by atoms with E-state index < -0.39 is 0 Å². The Bertz CT molecular complexity index is 648. The van der Waals surface area contributed by atoms with Crippen molar-refractivity contribution in [2.75, 3.05) is 26.3 Å². The molecule has 1 aromatic carbocycles. The minimum absolute atomic E-state index is 0.0778. The average molecular weight is 335 g/mol. The van der Waals surface area contributed by atoms with Gasteiger partial charge in [0.15, 0.2) is 23.0 Å². The van der Waals surface area contributed by atoms with Crippen LogP contribution in [0.1, 0.15) is 12.5 Å². The van der Waals surface area contributed by atoms with Gasteiger partial charge in [0.25, 0.3) is 0 Å². The first-order valence-corrected chi connectivity index (χ1v) is 8.53. The highest BCUT2D eigenvalue weighted by Crippen LogP contribution is 2.36. The maximum Gasteiger partial charge on any atom is 0.171 e. The molecule has 0 amide bonds. The van der Waals surface area contributed by atoms with E-state index in [1.165, 1.54) is 6.07 Å². The summed E-state index contributed by atoms with van der Waals surface area (Å²) in [6.07, 6.45) is 0.776. The van der Waals surface area contributed by atoms with E-state index in [1.807, 2.05) is 16.8 Å². The molecule has 23 heavy (non-hydrogen) atoms. The van der Waals surface area contributed by atoms with E-state index in [-0.39, 0.29) is 16.9 Å². The zero-order valence-electron chi connectivity index (χ0n) is 13.0. The van der Waals surface area contributed by atoms with Crippen molar-refractivity contribution in [3.8, 4) is 23.0 Å². The normalized spacial score (nSPS) is 16.0. The number of hydrogen-bond donors (Lipinski definition) is 3. The summed E-state index contributed by atoms with van der Waals surface area (Å²) in [5, 5.41) is 26.2. The zero-order valence-corrected chi connectivity index (χ0v) is 13.9. The highest BCUT2D eigenvalue weighted by atomic mass is 32.1. The Balaban J connectivity index is 1.46. The topological polar surface area (TPSA) is 71.0 Å². The molecule has 2 heterocycles. The van der Waals surface area contributed by atoms with E-state index in [0.717, 1.165) is 36.6 Å². The van der Waals surface area contributed by atoms with Crippen molar-refractivity contribution < 1.29 is 19.7 Å². The number of phenolic OH excluding ortho intramolecular Hbond substituents is 2. The van der Waals surface area contributed by atoms with E-state index in [2.05, 4.69) is 12.2 Å². The van der Waals surface area contributed by atoms with Gasteiger partial charge in [0, 0.05) is 22.7 Å². The predicted molar refractivity (Wildman–Crippen MR) is 89.8 cm³/mol. The molecule has 0 unspecified atom stereocenters. The second-order valence-corrected chi connectivity index (χ2v) is 6.98. The van der Waals surface area contributed by atoms with Gasteiger partial charge in [0.2, 0.25) is 0 Å². The first-order chi connectivity index (χ1) is 11.1. The molecule has 0 saturated heterocycles. The molecule has 1 aliphatic heterocycles. The van der Waals surface area contributed by atoms with Crippen LogP contribution < -0.4 is 14.8 Å². The summed E-state index contributed by atoms with van der Waals surface area (Å²) >= 11 is 1.58. The number of rotatable bonds is 5. The summed E-state index contributed by atoms with van der Waals surface area (Å²) in [6, 6.07) is 4.92. The van der Waals surface area contributed by atoms with Crippen LogP contribution in [0.3, 0.4) is 0 Å². The Morgan fingerprint density at radius 3 is 2.48 bits per heavy atom. The van der Waals surface area contributed by atoms with E-state index in [1.54, 1.807) is 17.4 Å². The van der Waals surface area contributed by atoms with E-state index >= 15 is 0 Å². The van der Waals surface area contributed by atoms with E-state index in [9.17, 15) is 10.2 Å². The minimum Gasteiger partial charge on any atom is -0.504 e. The number of ether oxygens (including phenoxy) is 2. The Labute approximate surface area is 139 Å². The average Bonchev–Trinajstić information content (AvgIpc) is 2.93. The van der Waals surface area contributed by atoms with Gasteiger partial charge in [-0.15, -0.1) is 11.3 Å². The summed E-state index contributed by atoms with van der Waals surface area (Å²) in [6.45, 7) is 4.93. The highest BCUT2D eigenvalue weighted by Gasteiger charge is 2.30. The van der Waals surface area contributed by atoms with Gasteiger partial charge in [-0.25, -0.2) is 0 Å². The number of phenols is 2. The fraction of sp³-hybridized carbons (Fsp3) is 0.412. The zero-order chi connectivity index (χ0) is 16.3. The Morgan fingerprint density at radius 1 is 1.13 bits per heavy atom. The fourth-order valence-corrected chi connectivity index (χ4v) is 3.16. The van der Waals surface area contributed by atoms with Crippen LogP contribution in [0.5, 0.6) is 23.0 Å². The van der Waals surface area contributed by atoms with Gasteiger partial charge in [-0.1, -0.05) is 13.0 Å². The molecular formula is C17H21NO4S. The number of benzene rings is 1. The fourth-order valence-electron chi connectivity index (χ4n) is 2.48. The van der Waals surface area contributed by atoms with Gasteiger partial charge < -0.3 is 25.0 Å². The van der Waals surface area contributed by atoms with Crippen molar-refractivity contribution >= 4 is 11.3 Å². The van der Waals surface area contributed by atoms with Crippen molar-refractivity contribution in [2.45, 2.75) is 13.3 Å². The van der Waals surface area contributed by atoms with Gasteiger partial charge in [-0.3, -0.25) is 0 Å². The van der Waals surface area contributed by atoms with Crippen molar-refractivity contribution in [1.82, 2.24) is 5.32 Å². The molecule has 0 radical (unpaired) electrons. The van der Waals surface area contributed by atoms with Crippen LogP contribution in [-0.2, 0) is 6.42 Å². The van der Waals surface area contributed by atoms with Gasteiger partial charge >= 0.3 is 0 Å². The maximum atomic E-state index is 9.50. The second-order valence-electron chi connectivity index (χ2n) is 6.24. The monoisotopic (exact) mass is 335 g/mol. The van der Waals surface area contributed by atoms with Gasteiger partial charge in [-0.05, 0) is 30.7 Å². The van der Waals surface area contributed by atoms with Crippen LogP contribution in [0.2, 0.25) is 0 Å². The summed E-state index contributed by atoms with van der Waals surface area (Å²) in [5.41, 5.74) is 0.890. The number of hydrogen-bond acceptors (Lipinski definition) is 6. The minimum atomic E-state index is -0.0895. The molecule has 0 spiro atoms. The molecule has 0 fully saturated rings. The van der Waals surface area contributed by atoms with Crippen molar-refractivity contribution in [2.24, 2.45) is 5.41 Å². The molecule has 1 aromatic heterocycles. The Kier molecular flexibility index (Phi) is 4.63. The largest absolute Gasteiger partial charge is 0.504 e. The number of thiophene rings is 1. The van der Waals surface area contributed by atoms with Crippen LogP contribution in [0.15, 0.2) is 29.0 Å². The lowest BCUT2D eigenvalue weighted by Crippen LogP contribution is -2.41. The van der Waals surface area contributed by atoms with Crippen molar-refractivity contribution in [1.29, 1.82) is 0 Å². The SMILES string of the molecule is CC1(CNCCc2ccc(O)c(O)c2)COc2cscc2OC1. The first kappa shape index (κ1) is 16.0. The standard InChI is InChI=1S/C17H21NO4S/c1-17(10-21-15-7-23-8-16(15)22-11-17)9-18-5-4-12-2-3-13(19)14(20)6-12/h2-3,6-8,18-20H,4-5,9-11H2,1H3. The predicted octanol–water partition coefficient (Wildman–Crippen LogP) is 2.77. The van der Waals surface area contributed by atoms with E-state index in [4.69, 9.17) is 9.47 Å².